The molecule has 1 rings (SSSR count). The second-order valence-electron chi connectivity index (χ2n) is 3.79. The summed E-state index contributed by atoms with van der Waals surface area (Å²) in [6, 6.07) is 0. The van der Waals surface area contributed by atoms with Gasteiger partial charge in [-0.2, -0.15) is 0 Å². The van der Waals surface area contributed by atoms with Crippen LogP contribution in [0.1, 0.15) is 38.5 Å². The van der Waals surface area contributed by atoms with Crippen LogP contribution in [0.15, 0.2) is 12.2 Å². The van der Waals surface area contributed by atoms with Crippen molar-refractivity contribution in [2.75, 3.05) is 17.6 Å². The predicted molar refractivity (Wildman–Crippen MR) is 71.4 cm³/mol. The number of ether oxygens (including phenoxy) is 2. The summed E-state index contributed by atoms with van der Waals surface area (Å²) in [5.41, 5.74) is 0. The maximum absolute atomic E-state index is 5.58. The lowest BCUT2D eigenvalue weighted by molar-refractivity contribution is -0.155. The van der Waals surface area contributed by atoms with Gasteiger partial charge < -0.3 is 9.47 Å². The molecule has 1 atom stereocenters. The van der Waals surface area contributed by atoms with Crippen LogP contribution in [0.4, 0.5) is 0 Å². The summed E-state index contributed by atoms with van der Waals surface area (Å²) in [4.78, 5) is 0. The molecule has 0 radical (unpaired) electrons. The lowest BCUT2D eigenvalue weighted by atomic mass is 10.2. The molecule has 2 nitrogen and oxygen atoms in total. The van der Waals surface area contributed by atoms with Crippen molar-refractivity contribution >= 4 is 22.6 Å². The molecule has 1 heterocycles. The van der Waals surface area contributed by atoms with Gasteiger partial charge in [0.15, 0.2) is 6.29 Å². The van der Waals surface area contributed by atoms with E-state index in [9.17, 15) is 0 Å². The van der Waals surface area contributed by atoms with Gasteiger partial charge in [-0.3, -0.25) is 0 Å². The molecule has 15 heavy (non-hydrogen) atoms. The summed E-state index contributed by atoms with van der Waals surface area (Å²) in [5, 5.41) is 0. The van der Waals surface area contributed by atoms with E-state index in [4.69, 9.17) is 9.47 Å². The fraction of sp³-hybridized carbons (Fsp3) is 0.833. The first-order chi connectivity index (χ1) is 7.43. The molecule has 0 bridgehead atoms. The Kier molecular flexibility index (Phi) is 8.62. The van der Waals surface area contributed by atoms with E-state index in [1.807, 2.05) is 0 Å². The van der Waals surface area contributed by atoms with Crippen LogP contribution in [0.25, 0.3) is 0 Å². The fourth-order valence-electron chi connectivity index (χ4n) is 1.55. The molecule has 1 unspecified atom stereocenters. The van der Waals surface area contributed by atoms with E-state index in [0.717, 1.165) is 13.0 Å². The summed E-state index contributed by atoms with van der Waals surface area (Å²) in [6.45, 7) is 1.57. The number of rotatable bonds is 7. The zero-order chi connectivity index (χ0) is 10.8. The van der Waals surface area contributed by atoms with E-state index < -0.39 is 0 Å². The first kappa shape index (κ1) is 13.5. The van der Waals surface area contributed by atoms with E-state index in [0.29, 0.717) is 6.61 Å². The van der Waals surface area contributed by atoms with Crippen molar-refractivity contribution in [3.8, 4) is 0 Å². The first-order valence-electron chi connectivity index (χ1n) is 5.87. The van der Waals surface area contributed by atoms with Gasteiger partial charge in [-0.25, -0.2) is 0 Å². The van der Waals surface area contributed by atoms with Crippen molar-refractivity contribution in [1.29, 1.82) is 0 Å². The maximum atomic E-state index is 5.58. The predicted octanol–water partition coefficient (Wildman–Crippen LogP) is 3.69. The molecule has 1 aliphatic rings. The Balaban J connectivity index is 1.90. The molecule has 88 valence electrons. The third kappa shape index (κ3) is 7.30. The SMILES string of the molecule is ICCCC/C=C/COC1CCCCO1. The van der Waals surface area contributed by atoms with Crippen LogP contribution in [0, 0.1) is 0 Å². The van der Waals surface area contributed by atoms with E-state index >= 15 is 0 Å². The number of hydrogen-bond donors (Lipinski definition) is 0. The molecule has 0 aliphatic carbocycles. The van der Waals surface area contributed by atoms with Gasteiger partial charge in [-0.05, 0) is 43.0 Å². The zero-order valence-corrected chi connectivity index (χ0v) is 11.4. The van der Waals surface area contributed by atoms with Gasteiger partial charge in [0.25, 0.3) is 0 Å². The Morgan fingerprint density at radius 2 is 2.20 bits per heavy atom. The molecule has 0 aromatic heterocycles. The number of allylic oxidation sites excluding steroid dienone is 1. The Labute approximate surface area is 107 Å². The van der Waals surface area contributed by atoms with Gasteiger partial charge in [-0.15, -0.1) is 0 Å². The lowest BCUT2D eigenvalue weighted by Crippen LogP contribution is -2.22. The van der Waals surface area contributed by atoms with Gasteiger partial charge in [0, 0.05) is 6.61 Å². The van der Waals surface area contributed by atoms with Crippen molar-refractivity contribution in [1.82, 2.24) is 0 Å². The van der Waals surface area contributed by atoms with E-state index in [2.05, 4.69) is 34.7 Å². The second kappa shape index (κ2) is 9.60. The Bertz CT molecular complexity index is 165. The molecule has 1 saturated heterocycles. The van der Waals surface area contributed by atoms with Crippen LogP contribution < -0.4 is 0 Å². The minimum absolute atomic E-state index is 0.0535. The van der Waals surface area contributed by atoms with E-state index in [1.165, 1.54) is 36.5 Å². The molecule has 0 N–H and O–H groups in total. The highest BCUT2D eigenvalue weighted by molar-refractivity contribution is 14.1. The second-order valence-corrected chi connectivity index (χ2v) is 4.86. The van der Waals surface area contributed by atoms with E-state index in [1.54, 1.807) is 0 Å². The molecule has 0 saturated carbocycles. The summed E-state index contributed by atoms with van der Waals surface area (Å²) in [5.74, 6) is 0. The molecule has 0 aromatic carbocycles. The minimum Gasteiger partial charge on any atom is -0.353 e. The third-order valence-electron chi connectivity index (χ3n) is 2.44. The highest BCUT2D eigenvalue weighted by Gasteiger charge is 2.12. The Morgan fingerprint density at radius 3 is 2.93 bits per heavy atom. The van der Waals surface area contributed by atoms with Crippen LogP contribution in [-0.2, 0) is 9.47 Å². The average Bonchev–Trinajstić information content (AvgIpc) is 2.29. The van der Waals surface area contributed by atoms with Gasteiger partial charge in [0.2, 0.25) is 0 Å². The standard InChI is InChI=1S/C12H21IO2/c13-9-5-2-1-3-6-10-14-12-8-4-7-11-15-12/h3,6,12H,1-2,4-5,7-11H2/b6-3+. The topological polar surface area (TPSA) is 18.5 Å². The summed E-state index contributed by atoms with van der Waals surface area (Å²) in [7, 11) is 0. The molecule has 1 aliphatic heterocycles. The molecular weight excluding hydrogens is 303 g/mol. The number of hydrogen-bond acceptors (Lipinski definition) is 2. The highest BCUT2D eigenvalue weighted by atomic mass is 127. The minimum atomic E-state index is 0.0535. The molecule has 0 amide bonds. The first-order valence-corrected chi connectivity index (χ1v) is 7.40. The zero-order valence-electron chi connectivity index (χ0n) is 9.29. The normalized spacial score (nSPS) is 22.3. The monoisotopic (exact) mass is 324 g/mol. The third-order valence-corrected chi connectivity index (χ3v) is 3.20. The van der Waals surface area contributed by atoms with Crippen molar-refractivity contribution < 1.29 is 9.47 Å². The van der Waals surface area contributed by atoms with Crippen molar-refractivity contribution in [2.24, 2.45) is 0 Å². The summed E-state index contributed by atoms with van der Waals surface area (Å²) < 4.78 is 12.3. The van der Waals surface area contributed by atoms with Crippen molar-refractivity contribution in [3.63, 3.8) is 0 Å². The largest absolute Gasteiger partial charge is 0.353 e. The van der Waals surface area contributed by atoms with Crippen LogP contribution in [0.2, 0.25) is 0 Å². The van der Waals surface area contributed by atoms with Crippen LogP contribution >= 0.6 is 22.6 Å². The van der Waals surface area contributed by atoms with E-state index in [-0.39, 0.29) is 6.29 Å². The van der Waals surface area contributed by atoms with Crippen molar-refractivity contribution in [2.45, 2.75) is 44.8 Å². The number of halogens is 1. The van der Waals surface area contributed by atoms with Crippen LogP contribution in [0.3, 0.4) is 0 Å². The molecular formula is C12H21IO2. The summed E-state index contributed by atoms with van der Waals surface area (Å²) in [6.07, 6.45) is 11.7. The van der Waals surface area contributed by atoms with Gasteiger partial charge in [0.1, 0.15) is 0 Å². The van der Waals surface area contributed by atoms with Crippen LogP contribution in [-0.4, -0.2) is 23.9 Å². The van der Waals surface area contributed by atoms with Gasteiger partial charge >= 0.3 is 0 Å². The van der Waals surface area contributed by atoms with Crippen LogP contribution in [0.5, 0.6) is 0 Å². The number of unbranched alkanes of at least 4 members (excludes halogenated alkanes) is 2. The highest BCUT2D eigenvalue weighted by Crippen LogP contribution is 2.13. The fourth-order valence-corrected chi connectivity index (χ4v) is 2.09. The number of alkyl halides is 1. The Hall–Kier alpha value is 0.390. The Morgan fingerprint density at radius 1 is 1.27 bits per heavy atom. The van der Waals surface area contributed by atoms with Crippen molar-refractivity contribution in [3.05, 3.63) is 12.2 Å². The molecule has 0 spiro atoms. The summed E-state index contributed by atoms with van der Waals surface area (Å²) >= 11 is 2.42. The molecule has 0 aromatic rings. The lowest BCUT2D eigenvalue weighted by Gasteiger charge is -2.21. The smallest absolute Gasteiger partial charge is 0.157 e. The molecule has 1 fully saturated rings. The average molecular weight is 324 g/mol. The van der Waals surface area contributed by atoms with Gasteiger partial charge in [0.05, 0.1) is 6.61 Å². The maximum Gasteiger partial charge on any atom is 0.157 e. The quantitative estimate of drug-likeness (QED) is 0.308. The molecule has 3 heteroatoms. The van der Waals surface area contributed by atoms with Gasteiger partial charge in [-0.1, -0.05) is 34.7 Å².